The van der Waals surface area contributed by atoms with Crippen LogP contribution in [0.4, 0.5) is 5.69 Å². The number of fused-ring (bicyclic) bond motifs is 4. The fourth-order valence-corrected chi connectivity index (χ4v) is 4.27. The molecule has 0 radical (unpaired) electrons. The molecular formula is C24H27N3O2. The van der Waals surface area contributed by atoms with E-state index in [1.54, 1.807) is 0 Å². The minimum Gasteiger partial charge on any atom is -0.486 e. The Balaban J connectivity index is 1.13. The van der Waals surface area contributed by atoms with E-state index in [1.807, 2.05) is 25.1 Å². The van der Waals surface area contributed by atoms with Crippen LogP contribution in [-0.2, 0) is 6.42 Å². The van der Waals surface area contributed by atoms with Crippen molar-refractivity contribution in [2.45, 2.75) is 25.9 Å². The highest BCUT2D eigenvalue weighted by molar-refractivity contribution is 5.88. The number of rotatable bonds is 6. The summed E-state index contributed by atoms with van der Waals surface area (Å²) in [5.74, 6) is 1.63. The minimum absolute atomic E-state index is 0.0157. The lowest BCUT2D eigenvalue weighted by Gasteiger charge is -2.28. The van der Waals surface area contributed by atoms with Crippen molar-refractivity contribution in [1.29, 1.82) is 0 Å². The van der Waals surface area contributed by atoms with Crippen molar-refractivity contribution in [3.05, 3.63) is 59.8 Å². The van der Waals surface area contributed by atoms with Crippen LogP contribution in [0.5, 0.6) is 11.5 Å². The SMILES string of the molecule is Cc1ccc2c3c(ccc2n1)OCC(CNCCCN1CCc2ccccc21)O3. The summed E-state index contributed by atoms with van der Waals surface area (Å²) in [6.07, 6.45) is 2.30. The molecule has 5 nitrogen and oxygen atoms in total. The fourth-order valence-electron chi connectivity index (χ4n) is 4.27. The zero-order valence-electron chi connectivity index (χ0n) is 16.9. The molecule has 0 saturated carbocycles. The van der Waals surface area contributed by atoms with Crippen LogP contribution in [-0.4, -0.2) is 43.9 Å². The van der Waals surface area contributed by atoms with Crippen LogP contribution in [0.3, 0.4) is 0 Å². The van der Waals surface area contributed by atoms with Crippen LogP contribution in [0.1, 0.15) is 17.7 Å². The Hall–Kier alpha value is -2.79. The maximum Gasteiger partial charge on any atom is 0.171 e. The number of nitrogens with zero attached hydrogens (tertiary/aromatic N) is 2. The monoisotopic (exact) mass is 389 g/mol. The zero-order valence-corrected chi connectivity index (χ0v) is 16.9. The molecule has 2 aromatic carbocycles. The molecule has 2 aliphatic heterocycles. The first kappa shape index (κ1) is 18.3. The normalized spacial score (nSPS) is 17.6. The van der Waals surface area contributed by atoms with E-state index in [0.29, 0.717) is 6.61 Å². The fraction of sp³-hybridized carbons (Fsp3) is 0.375. The van der Waals surface area contributed by atoms with Crippen LogP contribution in [0.2, 0.25) is 0 Å². The molecule has 5 rings (SSSR count). The van der Waals surface area contributed by atoms with Gasteiger partial charge in [-0.1, -0.05) is 18.2 Å². The number of aryl methyl sites for hydroxylation is 1. The van der Waals surface area contributed by atoms with Gasteiger partial charge in [0.25, 0.3) is 0 Å². The lowest BCUT2D eigenvalue weighted by atomic mass is 10.1. The average molecular weight is 389 g/mol. The molecule has 1 unspecified atom stereocenters. The molecule has 150 valence electrons. The van der Waals surface area contributed by atoms with E-state index in [4.69, 9.17) is 9.47 Å². The summed E-state index contributed by atoms with van der Waals surface area (Å²) >= 11 is 0. The molecule has 3 aromatic rings. The molecule has 0 spiro atoms. The lowest BCUT2D eigenvalue weighted by Crippen LogP contribution is -2.39. The largest absolute Gasteiger partial charge is 0.486 e. The summed E-state index contributed by atoms with van der Waals surface area (Å²) in [4.78, 5) is 7.09. The molecular weight excluding hydrogens is 362 g/mol. The topological polar surface area (TPSA) is 46.6 Å². The molecule has 1 aromatic heterocycles. The van der Waals surface area contributed by atoms with Crippen molar-refractivity contribution in [2.75, 3.05) is 37.7 Å². The first-order valence-corrected chi connectivity index (χ1v) is 10.5. The Kier molecular flexibility index (Phi) is 4.98. The van der Waals surface area contributed by atoms with E-state index in [0.717, 1.165) is 60.7 Å². The van der Waals surface area contributed by atoms with Gasteiger partial charge in [-0.2, -0.15) is 0 Å². The molecule has 5 heteroatoms. The average Bonchev–Trinajstić information content (AvgIpc) is 3.16. The summed E-state index contributed by atoms with van der Waals surface area (Å²) in [6.45, 7) is 6.56. The molecule has 2 aliphatic rings. The first-order chi connectivity index (χ1) is 14.3. The van der Waals surface area contributed by atoms with E-state index in [9.17, 15) is 0 Å². The summed E-state index contributed by atoms with van der Waals surface area (Å²) in [6, 6.07) is 16.8. The van der Waals surface area contributed by atoms with Gasteiger partial charge in [0.2, 0.25) is 0 Å². The highest BCUT2D eigenvalue weighted by atomic mass is 16.6. The van der Waals surface area contributed by atoms with Gasteiger partial charge in [0.15, 0.2) is 11.5 Å². The van der Waals surface area contributed by atoms with Crippen molar-refractivity contribution in [3.63, 3.8) is 0 Å². The quantitative estimate of drug-likeness (QED) is 0.651. The maximum absolute atomic E-state index is 6.27. The molecule has 0 bridgehead atoms. The maximum atomic E-state index is 6.27. The standard InChI is InChI=1S/C24H27N3O2/c1-17-7-8-20-21(26-17)9-10-23-24(20)29-19(16-28-23)15-25-12-4-13-27-14-11-18-5-2-3-6-22(18)27/h2-3,5-10,19,25H,4,11-16H2,1H3. The second-order valence-corrected chi connectivity index (χ2v) is 7.89. The molecule has 29 heavy (non-hydrogen) atoms. The van der Waals surface area contributed by atoms with Crippen LogP contribution < -0.4 is 19.7 Å². The van der Waals surface area contributed by atoms with Crippen molar-refractivity contribution in [2.24, 2.45) is 0 Å². The van der Waals surface area contributed by atoms with Crippen molar-refractivity contribution >= 4 is 16.6 Å². The van der Waals surface area contributed by atoms with Gasteiger partial charge in [0.05, 0.1) is 5.52 Å². The molecule has 0 fully saturated rings. The number of aromatic nitrogens is 1. The summed E-state index contributed by atoms with van der Waals surface area (Å²) in [5.41, 5.74) is 4.84. The van der Waals surface area contributed by atoms with Gasteiger partial charge in [0.1, 0.15) is 12.7 Å². The van der Waals surface area contributed by atoms with Crippen LogP contribution >= 0.6 is 0 Å². The van der Waals surface area contributed by atoms with Gasteiger partial charge in [-0.15, -0.1) is 0 Å². The Labute approximate surface area is 171 Å². The number of benzene rings is 2. The zero-order chi connectivity index (χ0) is 19.6. The second-order valence-electron chi connectivity index (χ2n) is 7.89. The predicted octanol–water partition coefficient (Wildman–Crippen LogP) is 3.73. The third-order valence-corrected chi connectivity index (χ3v) is 5.77. The van der Waals surface area contributed by atoms with Gasteiger partial charge in [-0.25, -0.2) is 0 Å². The molecule has 0 aliphatic carbocycles. The third kappa shape index (κ3) is 3.75. The van der Waals surface area contributed by atoms with Crippen LogP contribution in [0, 0.1) is 6.92 Å². The lowest BCUT2D eigenvalue weighted by molar-refractivity contribution is 0.0925. The van der Waals surface area contributed by atoms with E-state index in [1.165, 1.54) is 17.7 Å². The Morgan fingerprint density at radius 2 is 2.07 bits per heavy atom. The first-order valence-electron chi connectivity index (χ1n) is 10.5. The molecule has 1 atom stereocenters. The van der Waals surface area contributed by atoms with Gasteiger partial charge < -0.3 is 19.7 Å². The number of pyridine rings is 1. The van der Waals surface area contributed by atoms with Crippen molar-refractivity contribution in [1.82, 2.24) is 10.3 Å². The van der Waals surface area contributed by atoms with Crippen molar-refractivity contribution in [3.8, 4) is 11.5 Å². The van der Waals surface area contributed by atoms with E-state index in [-0.39, 0.29) is 6.10 Å². The summed E-state index contributed by atoms with van der Waals surface area (Å²) in [5, 5.41) is 4.56. The Morgan fingerprint density at radius 3 is 3.03 bits per heavy atom. The third-order valence-electron chi connectivity index (χ3n) is 5.77. The highest BCUT2D eigenvalue weighted by Crippen LogP contribution is 2.38. The summed E-state index contributed by atoms with van der Waals surface area (Å²) in [7, 11) is 0. The van der Waals surface area contributed by atoms with Crippen LogP contribution in [0.15, 0.2) is 48.5 Å². The van der Waals surface area contributed by atoms with Crippen LogP contribution in [0.25, 0.3) is 10.9 Å². The summed E-state index contributed by atoms with van der Waals surface area (Å²) < 4.78 is 12.2. The minimum atomic E-state index is 0.0157. The molecule has 1 N–H and O–H groups in total. The second kappa shape index (κ2) is 7.91. The number of hydrogen-bond acceptors (Lipinski definition) is 5. The number of nitrogens with one attached hydrogen (secondary N) is 1. The van der Waals surface area contributed by atoms with Gasteiger partial charge in [0, 0.05) is 36.4 Å². The number of ether oxygens (including phenoxy) is 2. The van der Waals surface area contributed by atoms with Gasteiger partial charge in [-0.3, -0.25) is 4.98 Å². The Bertz CT molecular complexity index is 1020. The number of hydrogen-bond donors (Lipinski definition) is 1. The number of para-hydroxylation sites is 1. The highest BCUT2D eigenvalue weighted by Gasteiger charge is 2.23. The van der Waals surface area contributed by atoms with E-state index < -0.39 is 0 Å². The van der Waals surface area contributed by atoms with E-state index >= 15 is 0 Å². The smallest absolute Gasteiger partial charge is 0.171 e. The molecule has 3 heterocycles. The van der Waals surface area contributed by atoms with Gasteiger partial charge in [-0.05, 0) is 62.2 Å². The predicted molar refractivity (Wildman–Crippen MR) is 116 cm³/mol. The number of anilines is 1. The Morgan fingerprint density at radius 1 is 1.14 bits per heavy atom. The molecule has 0 saturated heterocycles. The van der Waals surface area contributed by atoms with Crippen molar-refractivity contribution < 1.29 is 9.47 Å². The molecule has 0 amide bonds. The van der Waals surface area contributed by atoms with E-state index in [2.05, 4.69) is 45.5 Å². The van der Waals surface area contributed by atoms with Gasteiger partial charge >= 0.3 is 0 Å².